The third kappa shape index (κ3) is 2.96. The van der Waals surface area contributed by atoms with Crippen molar-refractivity contribution in [3.8, 4) is 0 Å². The largest absolute Gasteiger partial charge is 0.399 e. The first kappa shape index (κ1) is 14.2. The minimum Gasteiger partial charge on any atom is -0.399 e. The molecule has 2 aromatic carbocycles. The van der Waals surface area contributed by atoms with Gasteiger partial charge in [0.25, 0.3) is 0 Å². The molecule has 0 saturated heterocycles. The summed E-state index contributed by atoms with van der Waals surface area (Å²) in [6.07, 6.45) is 0. The highest BCUT2D eigenvalue weighted by atomic mass is 79.9. The number of nitrogens with two attached hydrogens (primary N) is 1. The van der Waals surface area contributed by atoms with E-state index in [0.717, 1.165) is 32.4 Å². The van der Waals surface area contributed by atoms with Gasteiger partial charge in [0.2, 0.25) is 0 Å². The molecule has 106 valence electrons. The van der Waals surface area contributed by atoms with Crippen LogP contribution in [-0.2, 0) is 0 Å². The van der Waals surface area contributed by atoms with Gasteiger partial charge in [-0.1, -0.05) is 27.5 Å². The quantitative estimate of drug-likeness (QED) is 0.609. The number of nitrogen functional groups attached to an aromatic ring is 1. The summed E-state index contributed by atoms with van der Waals surface area (Å²) in [4.78, 5) is 4.52. The van der Waals surface area contributed by atoms with Gasteiger partial charge in [0, 0.05) is 26.9 Å². The maximum Gasteiger partial charge on any atom is 0.0727 e. The molecule has 0 aliphatic heterocycles. The van der Waals surface area contributed by atoms with Gasteiger partial charge in [0.15, 0.2) is 0 Å². The molecule has 1 heterocycles. The molecule has 3 aromatic rings. The van der Waals surface area contributed by atoms with Crippen LogP contribution < -0.4 is 11.1 Å². The van der Waals surface area contributed by atoms with E-state index in [0.29, 0.717) is 10.7 Å². The van der Waals surface area contributed by atoms with Gasteiger partial charge in [-0.25, -0.2) is 0 Å². The second-order valence-electron chi connectivity index (χ2n) is 4.84. The Balaban J connectivity index is 2.13. The smallest absolute Gasteiger partial charge is 0.0727 e. The predicted molar refractivity (Wildman–Crippen MR) is 93.3 cm³/mol. The van der Waals surface area contributed by atoms with Gasteiger partial charge >= 0.3 is 0 Å². The summed E-state index contributed by atoms with van der Waals surface area (Å²) >= 11 is 9.67. The van der Waals surface area contributed by atoms with Gasteiger partial charge < -0.3 is 11.1 Å². The molecule has 0 fully saturated rings. The highest BCUT2D eigenvalue weighted by Gasteiger charge is 2.07. The molecule has 0 amide bonds. The summed E-state index contributed by atoms with van der Waals surface area (Å²) in [5.41, 5.74) is 10.2. The Kier molecular flexibility index (Phi) is 3.74. The minimum atomic E-state index is 0.649. The average molecular weight is 363 g/mol. The van der Waals surface area contributed by atoms with Crippen molar-refractivity contribution in [1.82, 2.24) is 4.98 Å². The lowest BCUT2D eigenvalue weighted by Crippen LogP contribution is -1.96. The van der Waals surface area contributed by atoms with Gasteiger partial charge in [-0.3, -0.25) is 4.98 Å². The summed E-state index contributed by atoms with van der Waals surface area (Å²) in [6.45, 7) is 1.96. The predicted octanol–water partition coefficient (Wildman–Crippen LogP) is 5.28. The van der Waals surface area contributed by atoms with Crippen LogP contribution in [0.5, 0.6) is 0 Å². The first-order chi connectivity index (χ1) is 10.0. The number of hydrogen-bond donors (Lipinski definition) is 2. The molecule has 3 nitrogen and oxygen atoms in total. The Hall–Kier alpha value is -1.78. The minimum absolute atomic E-state index is 0.649. The average Bonchev–Trinajstić information content (AvgIpc) is 2.42. The molecule has 0 radical (unpaired) electrons. The zero-order chi connectivity index (χ0) is 15.0. The van der Waals surface area contributed by atoms with E-state index in [9.17, 15) is 0 Å². The van der Waals surface area contributed by atoms with E-state index in [1.165, 1.54) is 0 Å². The van der Waals surface area contributed by atoms with Gasteiger partial charge in [-0.2, -0.15) is 0 Å². The molecule has 3 rings (SSSR count). The molecule has 21 heavy (non-hydrogen) atoms. The van der Waals surface area contributed by atoms with Crippen molar-refractivity contribution >= 4 is 55.5 Å². The van der Waals surface area contributed by atoms with E-state index in [2.05, 4.69) is 26.2 Å². The van der Waals surface area contributed by atoms with Crippen LogP contribution in [0.4, 0.5) is 17.1 Å². The summed E-state index contributed by atoms with van der Waals surface area (Å²) in [5, 5.41) is 4.98. The number of benzene rings is 2. The number of nitrogens with zero attached hydrogens (tertiary/aromatic N) is 1. The number of aromatic nitrogens is 1. The number of rotatable bonds is 2. The van der Waals surface area contributed by atoms with Crippen LogP contribution in [-0.4, -0.2) is 4.98 Å². The van der Waals surface area contributed by atoms with Gasteiger partial charge in [-0.05, 0) is 49.4 Å². The Morgan fingerprint density at radius 1 is 1.10 bits per heavy atom. The molecule has 1 aromatic heterocycles. The van der Waals surface area contributed by atoms with Crippen molar-refractivity contribution in [1.29, 1.82) is 0 Å². The molecule has 0 bridgehead atoms. The monoisotopic (exact) mass is 361 g/mol. The Labute approximate surface area is 136 Å². The number of halogens is 2. The molecule has 0 unspecified atom stereocenters. The van der Waals surface area contributed by atoms with Crippen molar-refractivity contribution in [3.05, 3.63) is 57.7 Å². The Morgan fingerprint density at radius 2 is 1.90 bits per heavy atom. The summed E-state index contributed by atoms with van der Waals surface area (Å²) in [6, 6.07) is 13.4. The maximum atomic E-state index is 6.27. The van der Waals surface area contributed by atoms with Crippen molar-refractivity contribution in [2.45, 2.75) is 6.92 Å². The number of anilines is 3. The number of aryl methyl sites for hydroxylation is 1. The van der Waals surface area contributed by atoms with Crippen LogP contribution in [0.25, 0.3) is 10.9 Å². The van der Waals surface area contributed by atoms with Gasteiger partial charge in [0.05, 0.1) is 16.2 Å². The number of fused-ring (bicyclic) bond motifs is 1. The first-order valence-electron chi connectivity index (χ1n) is 6.42. The number of pyridine rings is 1. The third-order valence-electron chi connectivity index (χ3n) is 3.16. The van der Waals surface area contributed by atoms with Crippen molar-refractivity contribution in [2.24, 2.45) is 0 Å². The first-order valence-corrected chi connectivity index (χ1v) is 7.59. The highest BCUT2D eigenvalue weighted by Crippen LogP contribution is 2.32. The third-order valence-corrected chi connectivity index (χ3v) is 3.97. The van der Waals surface area contributed by atoms with E-state index in [-0.39, 0.29) is 0 Å². The highest BCUT2D eigenvalue weighted by molar-refractivity contribution is 9.10. The van der Waals surface area contributed by atoms with Crippen LogP contribution in [0.1, 0.15) is 5.69 Å². The van der Waals surface area contributed by atoms with E-state index in [1.54, 1.807) is 0 Å². The molecule has 0 atom stereocenters. The molecular weight excluding hydrogens is 350 g/mol. The summed E-state index contributed by atoms with van der Waals surface area (Å²) in [5.74, 6) is 0. The molecule has 0 saturated carbocycles. The van der Waals surface area contributed by atoms with Gasteiger partial charge in [-0.15, -0.1) is 0 Å². The molecule has 5 heteroatoms. The van der Waals surface area contributed by atoms with E-state index >= 15 is 0 Å². The number of hydrogen-bond acceptors (Lipinski definition) is 3. The molecular formula is C16H13BrClN3. The van der Waals surface area contributed by atoms with Crippen LogP contribution in [0.2, 0.25) is 5.02 Å². The summed E-state index contributed by atoms with van der Waals surface area (Å²) < 4.78 is 0.943. The second-order valence-corrected chi connectivity index (χ2v) is 6.16. The number of nitrogens with one attached hydrogen (secondary N) is 1. The molecule has 3 N–H and O–H groups in total. The normalized spacial score (nSPS) is 10.8. The van der Waals surface area contributed by atoms with Crippen LogP contribution in [0, 0.1) is 6.92 Å². The molecule has 0 aliphatic rings. The fraction of sp³-hybridized carbons (Fsp3) is 0.0625. The van der Waals surface area contributed by atoms with E-state index < -0.39 is 0 Å². The van der Waals surface area contributed by atoms with Crippen molar-refractivity contribution in [3.63, 3.8) is 0 Å². The molecule has 0 aliphatic carbocycles. The van der Waals surface area contributed by atoms with Crippen molar-refractivity contribution < 1.29 is 0 Å². The lowest BCUT2D eigenvalue weighted by molar-refractivity contribution is 1.25. The fourth-order valence-electron chi connectivity index (χ4n) is 2.22. The standard InChI is InChI=1S/C16H13BrClN3/c1-9-6-16(12-8-11(19)3-5-14(12)20-9)21-15-4-2-10(17)7-13(15)18/h2-8H,19H2,1H3,(H,20,21). The lowest BCUT2D eigenvalue weighted by Gasteiger charge is -2.13. The van der Waals surface area contributed by atoms with E-state index in [4.69, 9.17) is 17.3 Å². The molecule has 0 spiro atoms. The SMILES string of the molecule is Cc1cc(Nc2ccc(Br)cc2Cl)c2cc(N)ccc2n1. The topological polar surface area (TPSA) is 50.9 Å². The second kappa shape index (κ2) is 5.54. The fourth-order valence-corrected chi connectivity index (χ4v) is 2.94. The Morgan fingerprint density at radius 3 is 2.67 bits per heavy atom. The lowest BCUT2D eigenvalue weighted by atomic mass is 10.1. The van der Waals surface area contributed by atoms with Crippen LogP contribution in [0.15, 0.2) is 46.9 Å². The zero-order valence-electron chi connectivity index (χ0n) is 11.3. The van der Waals surface area contributed by atoms with Gasteiger partial charge in [0.1, 0.15) is 0 Å². The summed E-state index contributed by atoms with van der Waals surface area (Å²) in [7, 11) is 0. The maximum absolute atomic E-state index is 6.27. The van der Waals surface area contributed by atoms with Crippen LogP contribution >= 0.6 is 27.5 Å². The van der Waals surface area contributed by atoms with Crippen LogP contribution in [0.3, 0.4) is 0 Å². The van der Waals surface area contributed by atoms with E-state index in [1.807, 2.05) is 49.4 Å². The zero-order valence-corrected chi connectivity index (χ0v) is 13.7. The Bertz CT molecular complexity index is 833. The van der Waals surface area contributed by atoms with Crippen molar-refractivity contribution in [2.75, 3.05) is 11.1 Å².